The predicted molar refractivity (Wildman–Crippen MR) is 93.6 cm³/mol. The number of hydrogen-bond acceptors (Lipinski definition) is 2. The molecule has 0 radical (unpaired) electrons. The highest BCUT2D eigenvalue weighted by molar-refractivity contribution is 6.05. The molecule has 1 atom stereocenters. The first-order valence-electron chi connectivity index (χ1n) is 7.96. The summed E-state index contributed by atoms with van der Waals surface area (Å²) in [6.45, 7) is 2.78. The van der Waals surface area contributed by atoms with E-state index in [0.717, 1.165) is 17.3 Å². The van der Waals surface area contributed by atoms with E-state index in [-0.39, 0.29) is 5.91 Å². The highest BCUT2D eigenvalue weighted by Crippen LogP contribution is 2.19. The minimum Gasteiger partial charge on any atom is -0.351 e. The molecule has 3 aromatic rings. The molecule has 1 heterocycles. The van der Waals surface area contributed by atoms with Gasteiger partial charge < -0.3 is 5.32 Å². The summed E-state index contributed by atoms with van der Waals surface area (Å²) in [5.41, 5.74) is 2.78. The number of carbonyl (C=O) groups excluding carboxylic acids is 1. The molecule has 3 heteroatoms. The molecule has 3 nitrogen and oxygen atoms in total. The third-order valence-electron chi connectivity index (χ3n) is 4.17. The highest BCUT2D eigenvalue weighted by atomic mass is 16.1. The average Bonchev–Trinajstić information content (AvgIpc) is 2.62. The molecule has 0 bridgehead atoms. The van der Waals surface area contributed by atoms with E-state index in [4.69, 9.17) is 0 Å². The molecule has 1 aromatic heterocycles. The van der Waals surface area contributed by atoms with Crippen molar-refractivity contribution in [1.29, 1.82) is 0 Å². The van der Waals surface area contributed by atoms with Gasteiger partial charge in [0.25, 0.3) is 5.91 Å². The van der Waals surface area contributed by atoms with Gasteiger partial charge in [-0.25, -0.2) is 0 Å². The Bertz CT molecular complexity index is 794. The first kappa shape index (κ1) is 15.2. The second kappa shape index (κ2) is 7.05. The molecule has 0 saturated heterocycles. The van der Waals surface area contributed by atoms with Gasteiger partial charge in [-0.2, -0.15) is 0 Å². The molecule has 1 N–H and O–H groups in total. The van der Waals surface area contributed by atoms with Gasteiger partial charge in [-0.15, -0.1) is 0 Å². The molecule has 2 aromatic carbocycles. The lowest BCUT2D eigenvalue weighted by molar-refractivity contribution is 0.0952. The molecule has 1 amide bonds. The Morgan fingerprint density at radius 1 is 1.04 bits per heavy atom. The third-order valence-corrected chi connectivity index (χ3v) is 4.17. The summed E-state index contributed by atoms with van der Waals surface area (Å²) in [7, 11) is 0. The van der Waals surface area contributed by atoms with E-state index in [0.29, 0.717) is 18.0 Å². The maximum Gasteiger partial charge on any atom is 0.252 e. The second-order valence-corrected chi connectivity index (χ2v) is 5.60. The van der Waals surface area contributed by atoms with Crippen LogP contribution in [0.25, 0.3) is 10.9 Å². The Labute approximate surface area is 136 Å². The van der Waals surface area contributed by atoms with E-state index >= 15 is 0 Å². The molecular weight excluding hydrogens is 284 g/mol. The molecule has 0 saturated carbocycles. The van der Waals surface area contributed by atoms with Gasteiger partial charge in [0.1, 0.15) is 0 Å². The normalized spacial score (nSPS) is 12.0. The lowest BCUT2D eigenvalue weighted by Gasteiger charge is -2.16. The van der Waals surface area contributed by atoms with Crippen LogP contribution in [0, 0.1) is 0 Å². The lowest BCUT2D eigenvalue weighted by atomic mass is 9.96. The lowest BCUT2D eigenvalue weighted by Crippen LogP contribution is -2.28. The van der Waals surface area contributed by atoms with Crippen LogP contribution in [-0.2, 0) is 0 Å². The summed E-state index contributed by atoms with van der Waals surface area (Å²) in [6.07, 6.45) is 2.67. The van der Waals surface area contributed by atoms with Gasteiger partial charge in [0, 0.05) is 24.0 Å². The first-order chi connectivity index (χ1) is 11.3. The van der Waals surface area contributed by atoms with Gasteiger partial charge in [0.15, 0.2) is 0 Å². The van der Waals surface area contributed by atoms with Crippen molar-refractivity contribution in [1.82, 2.24) is 10.3 Å². The third kappa shape index (κ3) is 3.39. The zero-order valence-corrected chi connectivity index (χ0v) is 13.2. The van der Waals surface area contributed by atoms with Gasteiger partial charge >= 0.3 is 0 Å². The molecule has 0 aliphatic carbocycles. The standard InChI is InChI=1S/C20H20N2O/c1-2-15(16-8-4-3-5-9-16)14-22-20(23)18-12-13-21-19-11-7-6-10-17(18)19/h3-13,15H,2,14H2,1H3,(H,22,23). The van der Waals surface area contributed by atoms with Gasteiger partial charge in [-0.05, 0) is 24.1 Å². The second-order valence-electron chi connectivity index (χ2n) is 5.60. The number of nitrogens with zero attached hydrogens (tertiary/aromatic N) is 1. The van der Waals surface area contributed by atoms with Gasteiger partial charge in [-0.3, -0.25) is 9.78 Å². The van der Waals surface area contributed by atoms with Crippen LogP contribution >= 0.6 is 0 Å². The number of nitrogens with one attached hydrogen (secondary N) is 1. The van der Waals surface area contributed by atoms with Crippen molar-refractivity contribution in [3.05, 3.63) is 78.0 Å². The molecule has 0 aliphatic heterocycles. The maximum atomic E-state index is 12.6. The monoisotopic (exact) mass is 304 g/mol. The van der Waals surface area contributed by atoms with Gasteiger partial charge in [0.05, 0.1) is 11.1 Å². The molecular formula is C20H20N2O. The average molecular weight is 304 g/mol. The molecule has 0 fully saturated rings. The summed E-state index contributed by atoms with van der Waals surface area (Å²) in [6, 6.07) is 19.8. The van der Waals surface area contributed by atoms with Crippen LogP contribution in [0.1, 0.15) is 35.2 Å². The molecule has 1 unspecified atom stereocenters. The highest BCUT2D eigenvalue weighted by Gasteiger charge is 2.13. The number of aromatic nitrogens is 1. The van der Waals surface area contributed by atoms with E-state index in [2.05, 4.69) is 29.4 Å². The van der Waals surface area contributed by atoms with Crippen molar-refractivity contribution in [2.75, 3.05) is 6.54 Å². The number of rotatable bonds is 5. The summed E-state index contributed by atoms with van der Waals surface area (Å²) >= 11 is 0. The maximum absolute atomic E-state index is 12.6. The summed E-state index contributed by atoms with van der Waals surface area (Å²) in [5, 5.41) is 3.96. The molecule has 23 heavy (non-hydrogen) atoms. The Kier molecular flexibility index (Phi) is 4.67. The first-order valence-corrected chi connectivity index (χ1v) is 7.96. The minimum atomic E-state index is -0.0435. The number of hydrogen-bond donors (Lipinski definition) is 1. The zero-order valence-electron chi connectivity index (χ0n) is 13.2. The van der Waals surface area contributed by atoms with E-state index in [1.54, 1.807) is 12.3 Å². The smallest absolute Gasteiger partial charge is 0.252 e. The topological polar surface area (TPSA) is 42.0 Å². The van der Waals surface area contributed by atoms with Crippen LogP contribution in [0.15, 0.2) is 66.9 Å². The van der Waals surface area contributed by atoms with Crippen LogP contribution in [0.2, 0.25) is 0 Å². The van der Waals surface area contributed by atoms with E-state index in [9.17, 15) is 4.79 Å². The fourth-order valence-electron chi connectivity index (χ4n) is 2.83. The van der Waals surface area contributed by atoms with E-state index in [1.807, 2.05) is 42.5 Å². The van der Waals surface area contributed by atoms with Gasteiger partial charge in [-0.1, -0.05) is 55.5 Å². The minimum absolute atomic E-state index is 0.0435. The summed E-state index contributed by atoms with van der Waals surface area (Å²) in [4.78, 5) is 16.9. The number of fused-ring (bicyclic) bond motifs is 1. The largest absolute Gasteiger partial charge is 0.351 e. The zero-order chi connectivity index (χ0) is 16.1. The quantitative estimate of drug-likeness (QED) is 0.769. The number of amides is 1. The van der Waals surface area contributed by atoms with Crippen molar-refractivity contribution in [2.24, 2.45) is 0 Å². The predicted octanol–water partition coefficient (Wildman–Crippen LogP) is 4.16. The van der Waals surface area contributed by atoms with Crippen LogP contribution in [0.5, 0.6) is 0 Å². The van der Waals surface area contributed by atoms with E-state index < -0.39 is 0 Å². The summed E-state index contributed by atoms with van der Waals surface area (Å²) in [5.74, 6) is 0.284. The number of carbonyl (C=O) groups is 1. The molecule has 0 spiro atoms. The summed E-state index contributed by atoms with van der Waals surface area (Å²) < 4.78 is 0. The molecule has 0 aliphatic rings. The van der Waals surface area contributed by atoms with Crippen molar-refractivity contribution >= 4 is 16.8 Å². The van der Waals surface area contributed by atoms with Crippen molar-refractivity contribution in [2.45, 2.75) is 19.3 Å². The van der Waals surface area contributed by atoms with Crippen molar-refractivity contribution in [3.8, 4) is 0 Å². The van der Waals surface area contributed by atoms with Gasteiger partial charge in [0.2, 0.25) is 0 Å². The van der Waals surface area contributed by atoms with Crippen LogP contribution in [0.3, 0.4) is 0 Å². The fourth-order valence-corrected chi connectivity index (χ4v) is 2.83. The Morgan fingerprint density at radius 2 is 1.78 bits per heavy atom. The molecule has 116 valence electrons. The number of para-hydroxylation sites is 1. The van der Waals surface area contributed by atoms with Crippen molar-refractivity contribution < 1.29 is 4.79 Å². The molecule has 3 rings (SSSR count). The van der Waals surface area contributed by atoms with Crippen molar-refractivity contribution in [3.63, 3.8) is 0 Å². The van der Waals surface area contributed by atoms with Crippen LogP contribution in [0.4, 0.5) is 0 Å². The Hall–Kier alpha value is -2.68. The fraction of sp³-hybridized carbons (Fsp3) is 0.200. The Morgan fingerprint density at radius 3 is 2.57 bits per heavy atom. The Balaban J connectivity index is 1.76. The number of benzene rings is 2. The van der Waals surface area contributed by atoms with Crippen LogP contribution in [-0.4, -0.2) is 17.4 Å². The van der Waals surface area contributed by atoms with Crippen LogP contribution < -0.4 is 5.32 Å². The SMILES string of the molecule is CCC(CNC(=O)c1ccnc2ccccc12)c1ccccc1. The van der Waals surface area contributed by atoms with E-state index in [1.165, 1.54) is 5.56 Å². The number of pyridine rings is 1.